The number of anilines is 1. The van der Waals surface area contributed by atoms with E-state index in [2.05, 4.69) is 44.8 Å². The lowest BCUT2D eigenvalue weighted by Crippen LogP contribution is -2.45. The number of aliphatic imine (C=N–C) groups is 1. The zero-order valence-electron chi connectivity index (χ0n) is 15.9. The Morgan fingerprint density at radius 3 is 2.74 bits per heavy atom. The minimum Gasteiger partial charge on any atom is -0.466 e. The third kappa shape index (κ3) is 5.87. The number of halogens is 1. The highest BCUT2D eigenvalue weighted by molar-refractivity contribution is 14.0. The number of benzene rings is 1. The van der Waals surface area contributed by atoms with E-state index >= 15 is 0 Å². The molecule has 1 aromatic heterocycles. The molecule has 7 heteroatoms. The zero-order chi connectivity index (χ0) is 18.4. The van der Waals surface area contributed by atoms with Crippen molar-refractivity contribution in [1.82, 2.24) is 10.6 Å². The summed E-state index contributed by atoms with van der Waals surface area (Å²) in [6.45, 7) is 6.70. The molecule has 0 amide bonds. The molecule has 1 aromatic carbocycles. The van der Waals surface area contributed by atoms with E-state index in [1.165, 1.54) is 5.69 Å². The molecule has 3 N–H and O–H groups in total. The number of hydrogen-bond donors (Lipinski definition) is 3. The van der Waals surface area contributed by atoms with Gasteiger partial charge in [-0.05, 0) is 44.5 Å². The second-order valence-corrected chi connectivity index (χ2v) is 6.86. The molecule has 0 aliphatic carbocycles. The molecule has 1 aliphatic heterocycles. The minimum absolute atomic E-state index is 0. The van der Waals surface area contributed by atoms with Crippen LogP contribution in [0.4, 0.5) is 5.69 Å². The average Bonchev–Trinajstić information content (AvgIpc) is 3.33. The van der Waals surface area contributed by atoms with Crippen molar-refractivity contribution in [3.05, 3.63) is 54.5 Å². The van der Waals surface area contributed by atoms with Crippen molar-refractivity contribution in [2.24, 2.45) is 4.99 Å². The van der Waals surface area contributed by atoms with Crippen LogP contribution < -0.4 is 15.5 Å². The molecule has 1 saturated heterocycles. The largest absolute Gasteiger partial charge is 0.466 e. The van der Waals surface area contributed by atoms with E-state index in [0.29, 0.717) is 11.8 Å². The monoisotopic (exact) mass is 484 g/mol. The lowest BCUT2D eigenvalue weighted by Gasteiger charge is -2.22. The number of para-hydroxylation sites is 1. The topological polar surface area (TPSA) is 73.0 Å². The van der Waals surface area contributed by atoms with Crippen LogP contribution in [0, 0.1) is 0 Å². The second kappa shape index (κ2) is 9.98. The van der Waals surface area contributed by atoms with E-state index in [9.17, 15) is 5.11 Å². The van der Waals surface area contributed by atoms with Crippen molar-refractivity contribution in [1.29, 1.82) is 0 Å². The standard InChI is InChI=1S/C20H28N4O2.HI/c1-3-21-19(22-15-20(2,25)18-10-7-13-26-18)23-16-11-12-24(14-16)17-8-5-4-6-9-17;/h4-10,13,16,25H,3,11-12,14-15H2,1-2H3,(H2,21,22,23);1H. The summed E-state index contributed by atoms with van der Waals surface area (Å²) in [7, 11) is 0. The van der Waals surface area contributed by atoms with Crippen LogP contribution in [0.1, 0.15) is 26.0 Å². The smallest absolute Gasteiger partial charge is 0.191 e. The first kappa shape index (κ1) is 21.6. The van der Waals surface area contributed by atoms with Gasteiger partial charge in [-0.3, -0.25) is 0 Å². The summed E-state index contributed by atoms with van der Waals surface area (Å²) in [4.78, 5) is 6.94. The van der Waals surface area contributed by atoms with Gasteiger partial charge in [0.15, 0.2) is 5.96 Å². The van der Waals surface area contributed by atoms with Crippen LogP contribution in [-0.2, 0) is 5.60 Å². The molecule has 1 aliphatic rings. The highest BCUT2D eigenvalue weighted by Crippen LogP contribution is 2.22. The Balaban J connectivity index is 0.00000261. The molecule has 0 radical (unpaired) electrons. The summed E-state index contributed by atoms with van der Waals surface area (Å²) in [5.41, 5.74) is 0.122. The summed E-state index contributed by atoms with van der Waals surface area (Å²) in [5.74, 6) is 1.24. The van der Waals surface area contributed by atoms with Crippen LogP contribution in [0.15, 0.2) is 58.1 Å². The third-order valence-corrected chi connectivity index (χ3v) is 4.59. The van der Waals surface area contributed by atoms with Gasteiger partial charge in [0.05, 0.1) is 12.8 Å². The fourth-order valence-corrected chi connectivity index (χ4v) is 3.16. The predicted molar refractivity (Wildman–Crippen MR) is 120 cm³/mol. The summed E-state index contributed by atoms with van der Waals surface area (Å²) < 4.78 is 5.32. The molecule has 0 spiro atoms. The summed E-state index contributed by atoms with van der Waals surface area (Å²) in [6.07, 6.45) is 2.61. The van der Waals surface area contributed by atoms with Gasteiger partial charge in [0, 0.05) is 31.4 Å². The summed E-state index contributed by atoms with van der Waals surface area (Å²) >= 11 is 0. The second-order valence-electron chi connectivity index (χ2n) is 6.86. The van der Waals surface area contributed by atoms with Crippen molar-refractivity contribution in [3.63, 3.8) is 0 Å². The highest BCUT2D eigenvalue weighted by Gasteiger charge is 2.27. The maximum atomic E-state index is 10.6. The Bertz CT molecular complexity index is 704. The Morgan fingerprint density at radius 2 is 2.07 bits per heavy atom. The SMILES string of the molecule is CCNC(=NCC(C)(O)c1ccco1)NC1CCN(c2ccccc2)C1.I. The quantitative estimate of drug-likeness (QED) is 0.334. The Labute approximate surface area is 178 Å². The molecule has 2 unspecified atom stereocenters. The van der Waals surface area contributed by atoms with E-state index < -0.39 is 5.60 Å². The predicted octanol–water partition coefficient (Wildman–Crippen LogP) is 2.94. The molecule has 3 rings (SSSR count). The van der Waals surface area contributed by atoms with Crippen LogP contribution in [0.3, 0.4) is 0 Å². The van der Waals surface area contributed by atoms with Crippen molar-refractivity contribution in [3.8, 4) is 0 Å². The van der Waals surface area contributed by atoms with E-state index in [1.54, 1.807) is 25.3 Å². The molecule has 2 aromatic rings. The molecule has 1 fully saturated rings. The van der Waals surface area contributed by atoms with Crippen LogP contribution in [0.5, 0.6) is 0 Å². The number of hydrogen-bond acceptors (Lipinski definition) is 4. The lowest BCUT2D eigenvalue weighted by molar-refractivity contribution is 0.0437. The molecule has 27 heavy (non-hydrogen) atoms. The van der Waals surface area contributed by atoms with Crippen molar-refractivity contribution < 1.29 is 9.52 Å². The summed E-state index contributed by atoms with van der Waals surface area (Å²) in [5, 5.41) is 17.3. The molecule has 6 nitrogen and oxygen atoms in total. The van der Waals surface area contributed by atoms with Crippen LogP contribution in [0.25, 0.3) is 0 Å². The number of rotatable bonds is 6. The van der Waals surface area contributed by atoms with Crippen LogP contribution in [-0.4, -0.2) is 43.3 Å². The maximum absolute atomic E-state index is 10.6. The Hall–Kier alpha value is -1.74. The normalized spacial score (nSPS) is 19.3. The van der Waals surface area contributed by atoms with Crippen molar-refractivity contribution in [2.75, 3.05) is 31.1 Å². The number of aliphatic hydroxyl groups is 1. The lowest BCUT2D eigenvalue weighted by atomic mass is 10.0. The van der Waals surface area contributed by atoms with Gasteiger partial charge in [-0.1, -0.05) is 18.2 Å². The molecular formula is C20H29IN4O2. The number of guanidine groups is 1. The van der Waals surface area contributed by atoms with Gasteiger partial charge in [-0.2, -0.15) is 0 Å². The van der Waals surface area contributed by atoms with Gasteiger partial charge in [0.2, 0.25) is 0 Å². The molecule has 2 atom stereocenters. The average molecular weight is 484 g/mol. The van der Waals surface area contributed by atoms with Crippen LogP contribution >= 0.6 is 24.0 Å². The fraction of sp³-hybridized carbons (Fsp3) is 0.450. The minimum atomic E-state index is -1.13. The Morgan fingerprint density at radius 1 is 1.30 bits per heavy atom. The highest BCUT2D eigenvalue weighted by atomic mass is 127. The maximum Gasteiger partial charge on any atom is 0.191 e. The fourth-order valence-electron chi connectivity index (χ4n) is 3.16. The van der Waals surface area contributed by atoms with Gasteiger partial charge >= 0.3 is 0 Å². The van der Waals surface area contributed by atoms with E-state index in [4.69, 9.17) is 4.42 Å². The number of nitrogens with zero attached hydrogens (tertiary/aromatic N) is 2. The first-order valence-corrected chi connectivity index (χ1v) is 9.19. The number of furan rings is 1. The molecule has 2 heterocycles. The van der Waals surface area contributed by atoms with Gasteiger partial charge in [-0.15, -0.1) is 24.0 Å². The van der Waals surface area contributed by atoms with E-state index in [1.807, 2.05) is 13.0 Å². The molecule has 0 saturated carbocycles. The first-order chi connectivity index (χ1) is 12.6. The van der Waals surface area contributed by atoms with Gasteiger partial charge < -0.3 is 25.1 Å². The number of nitrogens with one attached hydrogen (secondary N) is 2. The third-order valence-electron chi connectivity index (χ3n) is 4.59. The molecule has 0 bridgehead atoms. The molecule has 148 valence electrons. The van der Waals surface area contributed by atoms with Gasteiger partial charge in [0.25, 0.3) is 0 Å². The van der Waals surface area contributed by atoms with Gasteiger partial charge in [0.1, 0.15) is 11.4 Å². The summed E-state index contributed by atoms with van der Waals surface area (Å²) in [6, 6.07) is 14.3. The van der Waals surface area contributed by atoms with E-state index in [-0.39, 0.29) is 30.5 Å². The van der Waals surface area contributed by atoms with Gasteiger partial charge in [-0.25, -0.2) is 4.99 Å². The molecular weight excluding hydrogens is 455 g/mol. The van der Waals surface area contributed by atoms with Crippen molar-refractivity contribution >= 4 is 35.6 Å². The van der Waals surface area contributed by atoms with E-state index in [0.717, 1.165) is 32.0 Å². The van der Waals surface area contributed by atoms with Crippen LogP contribution in [0.2, 0.25) is 0 Å². The first-order valence-electron chi connectivity index (χ1n) is 9.19. The van der Waals surface area contributed by atoms with Crippen molar-refractivity contribution in [2.45, 2.75) is 31.9 Å². The zero-order valence-corrected chi connectivity index (χ0v) is 18.2. The Kier molecular flexibility index (Phi) is 7.97.